The quantitative estimate of drug-likeness (QED) is 0.797. The molecule has 88 valence electrons. The predicted molar refractivity (Wildman–Crippen MR) is 62.3 cm³/mol. The molecule has 16 heavy (non-hydrogen) atoms. The highest BCUT2D eigenvalue weighted by Gasteiger charge is 2.06. The molecule has 1 unspecified atom stereocenters. The molecule has 1 rings (SSSR count). The van der Waals surface area contributed by atoms with Crippen molar-refractivity contribution in [3.8, 4) is 0 Å². The number of amides is 2. The monoisotopic (exact) mass is 223 g/mol. The number of nitrogens with one attached hydrogen (secondary N) is 2. The van der Waals surface area contributed by atoms with Crippen molar-refractivity contribution < 1.29 is 9.53 Å². The third kappa shape index (κ3) is 4.75. The fourth-order valence-corrected chi connectivity index (χ4v) is 1.19. The first-order valence-corrected chi connectivity index (χ1v) is 5.19. The van der Waals surface area contributed by atoms with Crippen LogP contribution in [0.5, 0.6) is 0 Å². The molecule has 0 bridgehead atoms. The molecule has 0 aliphatic heterocycles. The molecule has 5 heteroatoms. The Morgan fingerprint density at radius 3 is 3.06 bits per heavy atom. The van der Waals surface area contributed by atoms with Gasteiger partial charge in [-0.1, -0.05) is 0 Å². The Balaban J connectivity index is 2.31. The van der Waals surface area contributed by atoms with Crippen LogP contribution in [-0.2, 0) is 4.74 Å². The molecular formula is C11H17N3O2. The van der Waals surface area contributed by atoms with Crippen LogP contribution >= 0.6 is 0 Å². The maximum Gasteiger partial charge on any atom is 0.319 e. The second-order valence-corrected chi connectivity index (χ2v) is 3.52. The van der Waals surface area contributed by atoms with Crippen LogP contribution in [0.2, 0.25) is 0 Å². The van der Waals surface area contributed by atoms with Crippen LogP contribution in [0.15, 0.2) is 24.5 Å². The summed E-state index contributed by atoms with van der Waals surface area (Å²) in [6.07, 6.45) is 4.04. The SMILES string of the molecule is COCCC(C)NC(=O)Nc1cccnc1. The van der Waals surface area contributed by atoms with Gasteiger partial charge < -0.3 is 15.4 Å². The molecule has 5 nitrogen and oxygen atoms in total. The van der Waals surface area contributed by atoms with Gasteiger partial charge in [0.2, 0.25) is 0 Å². The van der Waals surface area contributed by atoms with Crippen LogP contribution in [0, 0.1) is 0 Å². The van der Waals surface area contributed by atoms with Crippen molar-refractivity contribution in [2.45, 2.75) is 19.4 Å². The summed E-state index contributed by atoms with van der Waals surface area (Å²) in [5.41, 5.74) is 0.680. The number of nitrogens with zero attached hydrogens (tertiary/aromatic N) is 1. The largest absolute Gasteiger partial charge is 0.385 e. The molecule has 1 aromatic rings. The molecule has 2 N–H and O–H groups in total. The van der Waals surface area contributed by atoms with Gasteiger partial charge in [0.1, 0.15) is 0 Å². The van der Waals surface area contributed by atoms with Crippen LogP contribution in [0.3, 0.4) is 0 Å². The molecule has 1 aromatic heterocycles. The number of methoxy groups -OCH3 is 1. The second kappa shape index (κ2) is 6.79. The Morgan fingerprint density at radius 2 is 2.44 bits per heavy atom. The van der Waals surface area contributed by atoms with Crippen LogP contribution in [0.4, 0.5) is 10.5 Å². The molecule has 0 spiro atoms. The fourth-order valence-electron chi connectivity index (χ4n) is 1.19. The Hall–Kier alpha value is -1.62. The maximum absolute atomic E-state index is 11.5. The first-order valence-electron chi connectivity index (χ1n) is 5.19. The van der Waals surface area contributed by atoms with Gasteiger partial charge in [0, 0.05) is 26.0 Å². The number of anilines is 1. The van der Waals surface area contributed by atoms with Gasteiger partial charge in [-0.15, -0.1) is 0 Å². The predicted octanol–water partition coefficient (Wildman–Crippen LogP) is 1.63. The molecule has 2 amide bonds. The summed E-state index contributed by atoms with van der Waals surface area (Å²) < 4.78 is 4.93. The molecule has 1 heterocycles. The highest BCUT2D eigenvalue weighted by molar-refractivity contribution is 5.89. The van der Waals surface area contributed by atoms with Crippen molar-refractivity contribution in [2.24, 2.45) is 0 Å². The lowest BCUT2D eigenvalue weighted by Crippen LogP contribution is -2.36. The molecule has 1 atom stereocenters. The number of hydrogen-bond donors (Lipinski definition) is 2. The summed E-state index contributed by atoms with van der Waals surface area (Å²) in [6, 6.07) is 3.41. The molecule has 0 aromatic carbocycles. The Morgan fingerprint density at radius 1 is 1.62 bits per heavy atom. The average molecular weight is 223 g/mol. The van der Waals surface area contributed by atoms with Crippen molar-refractivity contribution in [2.75, 3.05) is 19.0 Å². The van der Waals surface area contributed by atoms with Crippen molar-refractivity contribution >= 4 is 11.7 Å². The molecule has 0 fully saturated rings. The molecule has 0 saturated carbocycles. The number of aromatic nitrogens is 1. The number of pyridine rings is 1. The highest BCUT2D eigenvalue weighted by Crippen LogP contribution is 2.02. The summed E-state index contributed by atoms with van der Waals surface area (Å²) >= 11 is 0. The van der Waals surface area contributed by atoms with E-state index in [4.69, 9.17) is 4.74 Å². The van der Waals surface area contributed by atoms with Crippen molar-refractivity contribution in [3.05, 3.63) is 24.5 Å². The van der Waals surface area contributed by atoms with E-state index in [9.17, 15) is 4.79 Å². The minimum Gasteiger partial charge on any atom is -0.385 e. The maximum atomic E-state index is 11.5. The van der Waals surface area contributed by atoms with Gasteiger partial charge in [-0.25, -0.2) is 4.79 Å². The highest BCUT2D eigenvalue weighted by atomic mass is 16.5. The first kappa shape index (κ1) is 12.4. The van der Waals surface area contributed by atoms with E-state index >= 15 is 0 Å². The topological polar surface area (TPSA) is 63.2 Å². The van der Waals surface area contributed by atoms with E-state index < -0.39 is 0 Å². The smallest absolute Gasteiger partial charge is 0.319 e. The average Bonchev–Trinajstić information content (AvgIpc) is 2.27. The van der Waals surface area contributed by atoms with Gasteiger partial charge in [-0.05, 0) is 25.5 Å². The normalized spacial score (nSPS) is 11.9. The lowest BCUT2D eigenvalue weighted by molar-refractivity contribution is 0.185. The number of rotatable bonds is 5. The zero-order valence-corrected chi connectivity index (χ0v) is 9.56. The number of carbonyl (C=O) groups excluding carboxylic acids is 1. The molecule has 0 aliphatic carbocycles. The van der Waals surface area contributed by atoms with Gasteiger partial charge >= 0.3 is 6.03 Å². The minimum absolute atomic E-state index is 0.0802. The van der Waals surface area contributed by atoms with E-state index in [1.54, 1.807) is 31.6 Å². The Labute approximate surface area is 95.2 Å². The third-order valence-electron chi connectivity index (χ3n) is 2.05. The third-order valence-corrected chi connectivity index (χ3v) is 2.05. The van der Waals surface area contributed by atoms with E-state index in [1.807, 2.05) is 6.92 Å². The van der Waals surface area contributed by atoms with E-state index in [0.717, 1.165) is 6.42 Å². The van der Waals surface area contributed by atoms with Gasteiger partial charge in [0.15, 0.2) is 0 Å². The van der Waals surface area contributed by atoms with Gasteiger partial charge in [0.05, 0.1) is 11.9 Å². The summed E-state index contributed by atoms with van der Waals surface area (Å²) in [4.78, 5) is 15.4. The standard InChI is InChI=1S/C11H17N3O2/c1-9(5-7-16-2)13-11(15)14-10-4-3-6-12-8-10/h3-4,6,8-9H,5,7H2,1-2H3,(H2,13,14,15). The first-order chi connectivity index (χ1) is 7.72. The zero-order valence-electron chi connectivity index (χ0n) is 9.56. The van der Waals surface area contributed by atoms with Crippen LogP contribution in [-0.4, -0.2) is 30.8 Å². The van der Waals surface area contributed by atoms with Gasteiger partial charge in [-0.3, -0.25) is 4.98 Å². The molecular weight excluding hydrogens is 206 g/mol. The van der Waals surface area contributed by atoms with Gasteiger partial charge in [-0.2, -0.15) is 0 Å². The van der Waals surface area contributed by atoms with E-state index in [0.29, 0.717) is 12.3 Å². The minimum atomic E-state index is -0.225. The molecule has 0 saturated heterocycles. The summed E-state index contributed by atoms with van der Waals surface area (Å²) in [7, 11) is 1.64. The van der Waals surface area contributed by atoms with Crippen molar-refractivity contribution in [3.63, 3.8) is 0 Å². The van der Waals surface area contributed by atoms with Crippen LogP contribution in [0.1, 0.15) is 13.3 Å². The number of ether oxygens (including phenoxy) is 1. The molecule has 0 radical (unpaired) electrons. The lowest BCUT2D eigenvalue weighted by Gasteiger charge is -2.13. The fraction of sp³-hybridized carbons (Fsp3) is 0.455. The second-order valence-electron chi connectivity index (χ2n) is 3.52. The number of hydrogen-bond acceptors (Lipinski definition) is 3. The zero-order chi connectivity index (χ0) is 11.8. The van der Waals surface area contributed by atoms with E-state index in [1.165, 1.54) is 0 Å². The summed E-state index contributed by atoms with van der Waals surface area (Å²) in [6.45, 7) is 2.57. The van der Waals surface area contributed by atoms with Gasteiger partial charge in [0.25, 0.3) is 0 Å². The van der Waals surface area contributed by atoms with Crippen LogP contribution in [0.25, 0.3) is 0 Å². The lowest BCUT2D eigenvalue weighted by atomic mass is 10.2. The Kier molecular flexibility index (Phi) is 5.28. The van der Waals surface area contributed by atoms with E-state index in [-0.39, 0.29) is 12.1 Å². The van der Waals surface area contributed by atoms with Crippen molar-refractivity contribution in [1.29, 1.82) is 0 Å². The molecule has 0 aliphatic rings. The number of carbonyl (C=O) groups is 1. The summed E-state index contributed by atoms with van der Waals surface area (Å²) in [5.74, 6) is 0. The Bertz CT molecular complexity index is 316. The van der Waals surface area contributed by atoms with Crippen molar-refractivity contribution in [1.82, 2.24) is 10.3 Å². The van der Waals surface area contributed by atoms with Crippen LogP contribution < -0.4 is 10.6 Å². The summed E-state index contributed by atoms with van der Waals surface area (Å²) in [5, 5.41) is 5.50. The van der Waals surface area contributed by atoms with E-state index in [2.05, 4.69) is 15.6 Å². The number of urea groups is 1.